The van der Waals surface area contributed by atoms with Crippen molar-refractivity contribution >= 4 is 0 Å². The van der Waals surface area contributed by atoms with Crippen LogP contribution in [0.1, 0.15) is 64.1 Å². The van der Waals surface area contributed by atoms with Crippen LogP contribution in [0.2, 0.25) is 0 Å². The lowest BCUT2D eigenvalue weighted by Crippen LogP contribution is -2.41. The Morgan fingerprint density at radius 3 is 2.68 bits per heavy atom. The highest BCUT2D eigenvalue weighted by molar-refractivity contribution is 5.14. The van der Waals surface area contributed by atoms with Gasteiger partial charge in [0.05, 0.1) is 12.7 Å². The molecule has 1 heterocycles. The molecule has 0 bridgehead atoms. The highest BCUT2D eigenvalue weighted by Crippen LogP contribution is 2.58. The second-order valence-electron chi connectivity index (χ2n) is 6.98. The number of nitrogens with two attached hydrogens (primary N) is 1. The third-order valence-electron chi connectivity index (χ3n) is 4.44. The predicted octanol–water partition coefficient (Wildman–Crippen LogP) is 2.33. The summed E-state index contributed by atoms with van der Waals surface area (Å²) in [5, 5.41) is 4.05. The van der Waals surface area contributed by atoms with Crippen molar-refractivity contribution in [3.05, 3.63) is 11.7 Å². The van der Waals surface area contributed by atoms with Crippen LogP contribution in [0.3, 0.4) is 0 Å². The molecule has 106 valence electrons. The predicted molar refractivity (Wildman–Crippen MR) is 70.6 cm³/mol. The van der Waals surface area contributed by atoms with Gasteiger partial charge in [0.25, 0.3) is 0 Å². The fourth-order valence-corrected chi connectivity index (χ4v) is 2.39. The summed E-state index contributed by atoms with van der Waals surface area (Å²) >= 11 is 0. The van der Waals surface area contributed by atoms with E-state index in [1.165, 1.54) is 6.42 Å². The van der Waals surface area contributed by atoms with E-state index in [2.05, 4.69) is 24.0 Å². The van der Waals surface area contributed by atoms with E-state index in [9.17, 15) is 0 Å². The maximum atomic E-state index is 6.26. The lowest BCUT2D eigenvalue weighted by Gasteiger charge is -2.29. The van der Waals surface area contributed by atoms with Gasteiger partial charge >= 0.3 is 0 Å². The third kappa shape index (κ3) is 2.54. The van der Waals surface area contributed by atoms with Gasteiger partial charge in [-0.15, -0.1) is 0 Å². The minimum absolute atomic E-state index is 0.289. The second kappa shape index (κ2) is 4.28. The Balaban J connectivity index is 1.63. The van der Waals surface area contributed by atoms with Gasteiger partial charge in [-0.3, -0.25) is 0 Å². The molecule has 0 aliphatic heterocycles. The van der Waals surface area contributed by atoms with Gasteiger partial charge in [-0.05, 0) is 38.0 Å². The number of ether oxygens (including phenoxy) is 1. The van der Waals surface area contributed by atoms with Crippen LogP contribution in [0.5, 0.6) is 0 Å². The van der Waals surface area contributed by atoms with Crippen LogP contribution in [-0.2, 0) is 10.3 Å². The lowest BCUT2D eigenvalue weighted by molar-refractivity contribution is -0.0222. The fraction of sp³-hybridized carbons (Fsp3) is 0.857. The Morgan fingerprint density at radius 2 is 2.16 bits per heavy atom. The SMILES string of the molecule is CC(N)(COC1CCC1)c1noc(C2CC2(C)C)n1. The molecule has 0 radical (unpaired) electrons. The molecule has 2 atom stereocenters. The zero-order valence-electron chi connectivity index (χ0n) is 12.0. The molecule has 2 unspecified atom stereocenters. The van der Waals surface area contributed by atoms with Crippen LogP contribution in [0, 0.1) is 5.41 Å². The molecule has 2 saturated carbocycles. The lowest BCUT2D eigenvalue weighted by atomic mass is 9.95. The third-order valence-corrected chi connectivity index (χ3v) is 4.44. The van der Waals surface area contributed by atoms with Gasteiger partial charge in [0.2, 0.25) is 5.89 Å². The Bertz CT molecular complexity index is 463. The molecule has 2 N–H and O–H groups in total. The minimum atomic E-state index is -0.670. The Labute approximate surface area is 113 Å². The summed E-state index contributed by atoms with van der Waals surface area (Å²) in [7, 11) is 0. The van der Waals surface area contributed by atoms with Gasteiger partial charge in [0.15, 0.2) is 5.82 Å². The first-order valence-electron chi connectivity index (χ1n) is 7.13. The molecule has 0 spiro atoms. The summed E-state index contributed by atoms with van der Waals surface area (Å²) in [5.74, 6) is 1.67. The zero-order chi connectivity index (χ0) is 13.7. The number of rotatable bonds is 5. The first-order chi connectivity index (χ1) is 8.88. The molecule has 2 aliphatic carbocycles. The number of nitrogens with zero attached hydrogens (tertiary/aromatic N) is 2. The molecule has 5 heteroatoms. The maximum absolute atomic E-state index is 6.26. The van der Waals surface area contributed by atoms with E-state index < -0.39 is 5.54 Å². The molecule has 2 fully saturated rings. The van der Waals surface area contributed by atoms with Crippen molar-refractivity contribution in [2.45, 2.75) is 64.0 Å². The highest BCUT2D eigenvalue weighted by atomic mass is 16.5. The van der Waals surface area contributed by atoms with Crippen LogP contribution in [-0.4, -0.2) is 22.9 Å². The van der Waals surface area contributed by atoms with Crippen molar-refractivity contribution in [1.29, 1.82) is 0 Å². The Morgan fingerprint density at radius 1 is 1.47 bits per heavy atom. The first kappa shape index (κ1) is 13.1. The van der Waals surface area contributed by atoms with E-state index in [1.807, 2.05) is 6.92 Å². The van der Waals surface area contributed by atoms with Gasteiger partial charge in [-0.2, -0.15) is 4.98 Å². The van der Waals surface area contributed by atoms with E-state index in [4.69, 9.17) is 15.0 Å². The van der Waals surface area contributed by atoms with Crippen molar-refractivity contribution in [3.8, 4) is 0 Å². The van der Waals surface area contributed by atoms with Crippen molar-refractivity contribution < 1.29 is 9.26 Å². The quantitative estimate of drug-likeness (QED) is 0.884. The Kier molecular flexibility index (Phi) is 2.94. The normalized spacial score (nSPS) is 28.7. The summed E-state index contributed by atoms with van der Waals surface area (Å²) in [6.45, 7) is 6.77. The molecule has 0 saturated heterocycles. The van der Waals surface area contributed by atoms with E-state index in [0.717, 1.165) is 25.2 Å². The topological polar surface area (TPSA) is 74.2 Å². The molecule has 2 aliphatic rings. The second-order valence-corrected chi connectivity index (χ2v) is 6.98. The molecule has 0 amide bonds. The Hall–Kier alpha value is -0.940. The van der Waals surface area contributed by atoms with Gasteiger partial charge < -0.3 is 15.0 Å². The summed E-state index contributed by atoms with van der Waals surface area (Å²) in [6, 6.07) is 0. The van der Waals surface area contributed by atoms with Gasteiger partial charge in [-0.25, -0.2) is 0 Å². The van der Waals surface area contributed by atoms with E-state index in [1.54, 1.807) is 0 Å². The van der Waals surface area contributed by atoms with Crippen LogP contribution in [0.25, 0.3) is 0 Å². The van der Waals surface area contributed by atoms with Crippen molar-refractivity contribution in [2.24, 2.45) is 11.1 Å². The number of hydrogen-bond donors (Lipinski definition) is 1. The monoisotopic (exact) mass is 265 g/mol. The van der Waals surface area contributed by atoms with Crippen LogP contribution < -0.4 is 5.73 Å². The van der Waals surface area contributed by atoms with Crippen LogP contribution >= 0.6 is 0 Å². The fourth-order valence-electron chi connectivity index (χ4n) is 2.39. The molecule has 5 nitrogen and oxygen atoms in total. The van der Waals surface area contributed by atoms with E-state index in [0.29, 0.717) is 24.5 Å². The maximum Gasteiger partial charge on any atom is 0.230 e. The van der Waals surface area contributed by atoms with Crippen LogP contribution in [0.4, 0.5) is 0 Å². The molecule has 3 rings (SSSR count). The summed E-state index contributed by atoms with van der Waals surface area (Å²) in [5.41, 5.74) is 5.88. The van der Waals surface area contributed by atoms with Crippen molar-refractivity contribution in [1.82, 2.24) is 10.1 Å². The molecule has 19 heavy (non-hydrogen) atoms. The number of hydrogen-bond acceptors (Lipinski definition) is 5. The van der Waals surface area contributed by atoms with Gasteiger partial charge in [0.1, 0.15) is 5.54 Å². The minimum Gasteiger partial charge on any atom is -0.376 e. The van der Waals surface area contributed by atoms with Gasteiger partial charge in [-0.1, -0.05) is 19.0 Å². The zero-order valence-corrected chi connectivity index (χ0v) is 12.0. The van der Waals surface area contributed by atoms with E-state index >= 15 is 0 Å². The van der Waals surface area contributed by atoms with Crippen molar-refractivity contribution in [2.75, 3.05) is 6.61 Å². The average molecular weight is 265 g/mol. The molecule has 1 aromatic rings. The van der Waals surface area contributed by atoms with Crippen LogP contribution in [0.15, 0.2) is 4.52 Å². The molecule has 1 aromatic heterocycles. The summed E-state index contributed by atoms with van der Waals surface area (Å²) < 4.78 is 11.1. The smallest absolute Gasteiger partial charge is 0.230 e. The molecule has 0 aromatic carbocycles. The largest absolute Gasteiger partial charge is 0.376 e. The average Bonchev–Trinajstić information content (AvgIpc) is 2.74. The number of aromatic nitrogens is 2. The summed E-state index contributed by atoms with van der Waals surface area (Å²) in [4.78, 5) is 4.48. The first-order valence-corrected chi connectivity index (χ1v) is 7.13. The summed E-state index contributed by atoms with van der Waals surface area (Å²) in [6.07, 6.45) is 5.02. The van der Waals surface area contributed by atoms with Crippen molar-refractivity contribution in [3.63, 3.8) is 0 Å². The highest BCUT2D eigenvalue weighted by Gasteiger charge is 2.50. The van der Waals surface area contributed by atoms with Gasteiger partial charge in [0, 0.05) is 5.92 Å². The molecular formula is C14H23N3O2. The van der Waals surface area contributed by atoms with E-state index in [-0.39, 0.29) is 5.41 Å². The molecular weight excluding hydrogens is 242 g/mol. The standard InChI is InChI=1S/C14H23N3O2/c1-13(2)7-10(13)11-16-12(17-19-11)14(3,15)8-18-9-5-4-6-9/h9-10H,4-8,15H2,1-3H3.